The van der Waals surface area contributed by atoms with Crippen LogP contribution in [0.15, 0.2) is 0 Å². The van der Waals surface area contributed by atoms with Gasteiger partial charge in [-0.15, -0.1) is 0 Å². The van der Waals surface area contributed by atoms with Gasteiger partial charge >= 0.3 is 6.18 Å². The lowest BCUT2D eigenvalue weighted by Gasteiger charge is -2.10. The molecule has 0 fully saturated rings. The lowest BCUT2D eigenvalue weighted by Crippen LogP contribution is -2.22. The minimum atomic E-state index is -4.35. The summed E-state index contributed by atoms with van der Waals surface area (Å²) in [7, 11) is 0. The van der Waals surface area contributed by atoms with Crippen LogP contribution < -0.4 is 0 Å². The standard InChI is InChI=1S/C5H7F3O/c1-2-4(3-9)5(6,7)8/h3-4H,2H2,1H3. The van der Waals surface area contributed by atoms with Crippen LogP contribution in [0.5, 0.6) is 0 Å². The van der Waals surface area contributed by atoms with E-state index in [1.54, 1.807) is 0 Å². The number of halogens is 3. The van der Waals surface area contributed by atoms with Crippen LogP contribution in [-0.2, 0) is 4.79 Å². The molecule has 0 heterocycles. The lowest BCUT2D eigenvalue weighted by molar-refractivity contribution is -0.174. The maximum absolute atomic E-state index is 11.5. The van der Waals surface area contributed by atoms with Gasteiger partial charge in [0, 0.05) is 0 Å². The molecule has 0 aliphatic rings. The zero-order valence-corrected chi connectivity index (χ0v) is 4.90. The minimum Gasteiger partial charge on any atom is -0.303 e. The number of rotatable bonds is 2. The first-order valence-corrected chi connectivity index (χ1v) is 2.54. The fourth-order valence-electron chi connectivity index (χ4n) is 0.405. The van der Waals surface area contributed by atoms with Crippen molar-refractivity contribution in [3.05, 3.63) is 0 Å². The van der Waals surface area contributed by atoms with Crippen LogP contribution >= 0.6 is 0 Å². The van der Waals surface area contributed by atoms with Gasteiger partial charge in [-0.05, 0) is 6.42 Å². The highest BCUT2D eigenvalue weighted by Crippen LogP contribution is 2.26. The van der Waals surface area contributed by atoms with Gasteiger partial charge in [0.2, 0.25) is 0 Å². The van der Waals surface area contributed by atoms with E-state index in [0.29, 0.717) is 0 Å². The molecule has 0 aromatic heterocycles. The normalized spacial score (nSPS) is 15.1. The Hall–Kier alpha value is -0.540. The molecule has 0 aliphatic heterocycles. The smallest absolute Gasteiger partial charge is 0.303 e. The van der Waals surface area contributed by atoms with Gasteiger partial charge in [-0.1, -0.05) is 6.92 Å². The van der Waals surface area contributed by atoms with Gasteiger partial charge in [0.05, 0.1) is 0 Å². The molecular formula is C5H7F3O. The average molecular weight is 140 g/mol. The largest absolute Gasteiger partial charge is 0.398 e. The molecule has 0 radical (unpaired) electrons. The molecule has 4 heteroatoms. The van der Waals surface area contributed by atoms with Crippen LogP contribution in [0.2, 0.25) is 0 Å². The van der Waals surface area contributed by atoms with E-state index in [4.69, 9.17) is 0 Å². The summed E-state index contributed by atoms with van der Waals surface area (Å²) in [6, 6.07) is 0. The van der Waals surface area contributed by atoms with Crippen molar-refractivity contribution in [1.29, 1.82) is 0 Å². The summed E-state index contributed by atoms with van der Waals surface area (Å²) in [4.78, 5) is 9.66. The second-order valence-electron chi connectivity index (χ2n) is 1.69. The fourth-order valence-corrected chi connectivity index (χ4v) is 0.405. The number of carbonyl (C=O) groups is 1. The average Bonchev–Trinajstić information content (AvgIpc) is 1.65. The Labute approximate surface area is 50.9 Å². The van der Waals surface area contributed by atoms with Gasteiger partial charge in [0.15, 0.2) is 0 Å². The summed E-state index contributed by atoms with van der Waals surface area (Å²) in [6.45, 7) is 1.33. The van der Waals surface area contributed by atoms with Crippen LogP contribution in [-0.4, -0.2) is 12.5 Å². The molecule has 9 heavy (non-hydrogen) atoms. The first kappa shape index (κ1) is 8.46. The van der Waals surface area contributed by atoms with Crippen molar-refractivity contribution in [2.24, 2.45) is 5.92 Å². The highest BCUT2D eigenvalue weighted by molar-refractivity contribution is 5.54. The lowest BCUT2D eigenvalue weighted by atomic mass is 10.1. The summed E-state index contributed by atoms with van der Waals surface area (Å²) in [6.07, 6.45) is -4.59. The summed E-state index contributed by atoms with van der Waals surface area (Å²) in [5, 5.41) is 0. The first-order chi connectivity index (χ1) is 4.02. The number of aldehydes is 1. The third-order valence-electron chi connectivity index (χ3n) is 1.02. The highest BCUT2D eigenvalue weighted by atomic mass is 19.4. The van der Waals surface area contributed by atoms with Gasteiger partial charge in [-0.25, -0.2) is 0 Å². The Bertz CT molecular complexity index is 96.9. The molecule has 0 saturated heterocycles. The maximum atomic E-state index is 11.5. The van der Waals surface area contributed by atoms with E-state index in [1.807, 2.05) is 0 Å². The third kappa shape index (κ3) is 2.49. The molecule has 0 bridgehead atoms. The zero-order valence-electron chi connectivity index (χ0n) is 4.90. The zero-order chi connectivity index (χ0) is 7.49. The van der Waals surface area contributed by atoms with Crippen molar-refractivity contribution in [3.63, 3.8) is 0 Å². The Morgan fingerprint density at radius 1 is 1.56 bits per heavy atom. The van der Waals surface area contributed by atoms with E-state index in [9.17, 15) is 18.0 Å². The van der Waals surface area contributed by atoms with E-state index in [1.165, 1.54) is 6.92 Å². The molecule has 1 nitrogen and oxygen atoms in total. The monoisotopic (exact) mass is 140 g/mol. The topological polar surface area (TPSA) is 17.1 Å². The first-order valence-electron chi connectivity index (χ1n) is 2.54. The van der Waals surface area contributed by atoms with E-state index < -0.39 is 12.1 Å². The predicted molar refractivity (Wildman–Crippen MR) is 25.9 cm³/mol. The second kappa shape index (κ2) is 2.85. The third-order valence-corrected chi connectivity index (χ3v) is 1.02. The van der Waals surface area contributed by atoms with Crippen LogP contribution in [0.25, 0.3) is 0 Å². The van der Waals surface area contributed by atoms with Gasteiger partial charge in [0.1, 0.15) is 12.2 Å². The van der Waals surface area contributed by atoms with Crippen LogP contribution in [0.4, 0.5) is 13.2 Å². The van der Waals surface area contributed by atoms with Crippen molar-refractivity contribution in [2.75, 3.05) is 0 Å². The number of hydrogen-bond donors (Lipinski definition) is 0. The number of carbonyl (C=O) groups excluding carboxylic acids is 1. The Morgan fingerprint density at radius 3 is 2.00 bits per heavy atom. The van der Waals surface area contributed by atoms with Gasteiger partial charge in [0.25, 0.3) is 0 Å². The van der Waals surface area contributed by atoms with E-state index in [-0.39, 0.29) is 12.7 Å². The highest BCUT2D eigenvalue weighted by Gasteiger charge is 2.37. The van der Waals surface area contributed by atoms with E-state index in [0.717, 1.165) is 0 Å². The quantitative estimate of drug-likeness (QED) is 0.534. The summed E-state index contributed by atoms with van der Waals surface area (Å²) >= 11 is 0. The van der Waals surface area contributed by atoms with Gasteiger partial charge in [-0.3, -0.25) is 0 Å². The van der Waals surface area contributed by atoms with Crippen molar-refractivity contribution in [2.45, 2.75) is 19.5 Å². The van der Waals surface area contributed by atoms with Crippen molar-refractivity contribution in [3.8, 4) is 0 Å². The number of hydrogen-bond acceptors (Lipinski definition) is 1. The van der Waals surface area contributed by atoms with Gasteiger partial charge < -0.3 is 4.79 Å². The predicted octanol–water partition coefficient (Wildman–Crippen LogP) is 1.77. The molecular weight excluding hydrogens is 133 g/mol. The fraction of sp³-hybridized carbons (Fsp3) is 0.800. The Morgan fingerprint density at radius 2 is 2.00 bits per heavy atom. The van der Waals surface area contributed by atoms with Crippen molar-refractivity contribution < 1.29 is 18.0 Å². The summed E-state index contributed by atoms with van der Waals surface area (Å²) in [5.41, 5.74) is 0. The van der Waals surface area contributed by atoms with Gasteiger partial charge in [-0.2, -0.15) is 13.2 Å². The van der Waals surface area contributed by atoms with Crippen molar-refractivity contribution in [1.82, 2.24) is 0 Å². The molecule has 0 aromatic rings. The molecule has 0 spiro atoms. The molecule has 0 saturated carbocycles. The molecule has 54 valence electrons. The molecule has 0 aromatic carbocycles. The van der Waals surface area contributed by atoms with Crippen LogP contribution in [0, 0.1) is 5.92 Å². The Balaban J connectivity index is 3.94. The SMILES string of the molecule is CCC(C=O)C(F)(F)F. The van der Waals surface area contributed by atoms with Crippen molar-refractivity contribution >= 4 is 6.29 Å². The Kier molecular flexibility index (Phi) is 2.67. The van der Waals surface area contributed by atoms with E-state index in [2.05, 4.69) is 0 Å². The minimum absolute atomic E-state index is 0.0694. The second-order valence-corrected chi connectivity index (χ2v) is 1.69. The molecule has 0 amide bonds. The van der Waals surface area contributed by atoms with Crippen LogP contribution in [0.3, 0.4) is 0 Å². The molecule has 0 rings (SSSR count). The summed E-state index contributed by atoms with van der Waals surface area (Å²) < 4.78 is 34.5. The number of alkyl halides is 3. The maximum Gasteiger partial charge on any atom is 0.398 e. The summed E-state index contributed by atoms with van der Waals surface area (Å²) in [5.74, 6) is -1.78. The van der Waals surface area contributed by atoms with Crippen LogP contribution in [0.1, 0.15) is 13.3 Å². The molecule has 1 atom stereocenters. The molecule has 0 aliphatic carbocycles. The molecule has 1 unspecified atom stereocenters. The molecule has 0 N–H and O–H groups in total. The van der Waals surface area contributed by atoms with E-state index >= 15 is 0 Å².